The van der Waals surface area contributed by atoms with E-state index in [2.05, 4.69) is 20.8 Å². The molecular formula is C39H76O4. The molecule has 0 fully saturated rings. The highest BCUT2D eigenvalue weighted by molar-refractivity contribution is 5.70. The Morgan fingerprint density at radius 2 is 0.651 bits per heavy atom. The Morgan fingerprint density at radius 3 is 0.977 bits per heavy atom. The molecule has 4 nitrogen and oxygen atoms in total. The van der Waals surface area contributed by atoms with Gasteiger partial charge in [-0.05, 0) is 32.1 Å². The third kappa shape index (κ3) is 29.4. The van der Waals surface area contributed by atoms with E-state index in [9.17, 15) is 9.59 Å². The standard InChI is InChI=1S/C39H76O4/c1-5-9-12-15-18-21-23-26-29-32-35-39(41)43-37(33-30-27-24-20-17-14-11-7-3)36(8-4)42-38(40)34-31-28-25-22-19-16-13-10-6-2/h36-37H,5-35H2,1-4H3. The monoisotopic (exact) mass is 609 g/mol. The van der Waals surface area contributed by atoms with Gasteiger partial charge >= 0.3 is 11.9 Å². The first-order chi connectivity index (χ1) is 21.1. The summed E-state index contributed by atoms with van der Waals surface area (Å²) < 4.78 is 12.0. The van der Waals surface area contributed by atoms with Crippen molar-refractivity contribution in [2.45, 2.75) is 239 Å². The van der Waals surface area contributed by atoms with Crippen molar-refractivity contribution < 1.29 is 19.1 Å². The van der Waals surface area contributed by atoms with Gasteiger partial charge in [0.05, 0.1) is 0 Å². The average Bonchev–Trinajstić information content (AvgIpc) is 3.00. The molecule has 0 radical (unpaired) electrons. The predicted octanol–water partition coefficient (Wildman–Crippen LogP) is 13.0. The molecule has 0 N–H and O–H groups in total. The van der Waals surface area contributed by atoms with Crippen molar-refractivity contribution in [3.05, 3.63) is 0 Å². The van der Waals surface area contributed by atoms with Gasteiger partial charge in [-0.25, -0.2) is 0 Å². The zero-order valence-corrected chi connectivity index (χ0v) is 29.7. The molecule has 0 aromatic carbocycles. The Bertz CT molecular complexity index is 590. The van der Waals surface area contributed by atoms with E-state index >= 15 is 0 Å². The zero-order chi connectivity index (χ0) is 31.6. The molecule has 0 bridgehead atoms. The van der Waals surface area contributed by atoms with E-state index in [1.165, 1.54) is 135 Å². The van der Waals surface area contributed by atoms with Crippen molar-refractivity contribution in [1.29, 1.82) is 0 Å². The van der Waals surface area contributed by atoms with Crippen molar-refractivity contribution in [1.82, 2.24) is 0 Å². The lowest BCUT2D eigenvalue weighted by Crippen LogP contribution is -2.35. The van der Waals surface area contributed by atoms with Gasteiger partial charge in [0.15, 0.2) is 0 Å². The summed E-state index contributed by atoms with van der Waals surface area (Å²) in [6, 6.07) is 0. The first-order valence-corrected chi connectivity index (χ1v) is 19.5. The SMILES string of the molecule is CCCCCCCCCCCCC(=O)OC(CCCCCCCCCC)C(CC)OC(=O)CCCCCCCCCCC. The second kappa shape index (κ2) is 33.8. The molecule has 0 saturated carbocycles. The van der Waals surface area contributed by atoms with Crippen LogP contribution in [0.1, 0.15) is 227 Å². The van der Waals surface area contributed by atoms with Crippen LogP contribution in [0, 0.1) is 0 Å². The van der Waals surface area contributed by atoms with Gasteiger partial charge in [0.25, 0.3) is 0 Å². The molecule has 0 heterocycles. The number of hydrogen-bond acceptors (Lipinski definition) is 4. The van der Waals surface area contributed by atoms with E-state index in [1.807, 2.05) is 6.92 Å². The van der Waals surface area contributed by atoms with E-state index in [0.717, 1.165) is 44.9 Å². The van der Waals surface area contributed by atoms with Crippen LogP contribution in [0.5, 0.6) is 0 Å². The summed E-state index contributed by atoms with van der Waals surface area (Å²) in [5.41, 5.74) is 0. The van der Waals surface area contributed by atoms with Crippen molar-refractivity contribution in [2.75, 3.05) is 0 Å². The molecule has 0 rings (SSSR count). The van der Waals surface area contributed by atoms with E-state index in [0.29, 0.717) is 19.3 Å². The molecule has 0 aliphatic rings. The fourth-order valence-corrected chi connectivity index (χ4v) is 6.01. The lowest BCUT2D eigenvalue weighted by molar-refractivity contribution is -0.169. The maximum atomic E-state index is 12.8. The normalized spacial score (nSPS) is 12.7. The molecule has 0 aliphatic heterocycles. The average molecular weight is 609 g/mol. The van der Waals surface area contributed by atoms with Gasteiger partial charge in [-0.2, -0.15) is 0 Å². The quantitative estimate of drug-likeness (QED) is 0.0538. The summed E-state index contributed by atoms with van der Waals surface area (Å²) in [4.78, 5) is 25.5. The molecule has 0 aliphatic carbocycles. The van der Waals surface area contributed by atoms with Gasteiger partial charge in [0.2, 0.25) is 0 Å². The van der Waals surface area contributed by atoms with Crippen molar-refractivity contribution in [3.8, 4) is 0 Å². The number of hydrogen-bond donors (Lipinski definition) is 0. The first kappa shape index (κ1) is 41.9. The maximum Gasteiger partial charge on any atom is 0.306 e. The molecule has 43 heavy (non-hydrogen) atoms. The van der Waals surface area contributed by atoms with Gasteiger partial charge < -0.3 is 9.47 Å². The summed E-state index contributed by atoms with van der Waals surface area (Å²) in [5.74, 6) is -0.237. The summed E-state index contributed by atoms with van der Waals surface area (Å²) in [5, 5.41) is 0. The highest BCUT2D eigenvalue weighted by Gasteiger charge is 2.27. The molecule has 4 heteroatoms. The minimum absolute atomic E-state index is 0.113. The van der Waals surface area contributed by atoms with Crippen LogP contribution in [-0.2, 0) is 19.1 Å². The number of rotatable bonds is 34. The topological polar surface area (TPSA) is 52.6 Å². The van der Waals surface area contributed by atoms with Crippen LogP contribution in [0.15, 0.2) is 0 Å². The van der Waals surface area contributed by atoms with Gasteiger partial charge in [-0.1, -0.05) is 182 Å². The molecule has 2 atom stereocenters. The van der Waals surface area contributed by atoms with Crippen LogP contribution in [0.2, 0.25) is 0 Å². The molecular weight excluding hydrogens is 532 g/mol. The third-order valence-electron chi connectivity index (χ3n) is 8.94. The number of esters is 2. The van der Waals surface area contributed by atoms with Crippen LogP contribution in [0.25, 0.3) is 0 Å². The third-order valence-corrected chi connectivity index (χ3v) is 8.94. The first-order valence-electron chi connectivity index (χ1n) is 19.5. The summed E-state index contributed by atoms with van der Waals surface area (Å²) >= 11 is 0. The van der Waals surface area contributed by atoms with Crippen LogP contribution in [0.4, 0.5) is 0 Å². The second-order valence-electron chi connectivity index (χ2n) is 13.2. The summed E-state index contributed by atoms with van der Waals surface area (Å²) in [7, 11) is 0. The van der Waals surface area contributed by atoms with Crippen LogP contribution in [-0.4, -0.2) is 24.1 Å². The number of carbonyl (C=O) groups is 2. The minimum atomic E-state index is -0.327. The smallest absolute Gasteiger partial charge is 0.306 e. The summed E-state index contributed by atoms with van der Waals surface area (Å²) in [6.07, 6.45) is 35.4. The molecule has 0 aromatic rings. The van der Waals surface area contributed by atoms with Crippen LogP contribution in [0.3, 0.4) is 0 Å². The van der Waals surface area contributed by atoms with E-state index in [-0.39, 0.29) is 24.1 Å². The minimum Gasteiger partial charge on any atom is -0.458 e. The Balaban J connectivity index is 4.48. The Kier molecular flexibility index (Phi) is 33.0. The van der Waals surface area contributed by atoms with Crippen molar-refractivity contribution >= 4 is 11.9 Å². The Morgan fingerprint density at radius 1 is 0.372 bits per heavy atom. The lowest BCUT2D eigenvalue weighted by atomic mass is 10.0. The Hall–Kier alpha value is -1.06. The number of carbonyl (C=O) groups excluding carboxylic acids is 2. The van der Waals surface area contributed by atoms with E-state index in [4.69, 9.17) is 9.47 Å². The second-order valence-corrected chi connectivity index (χ2v) is 13.2. The molecule has 2 unspecified atom stereocenters. The van der Waals surface area contributed by atoms with Crippen molar-refractivity contribution in [3.63, 3.8) is 0 Å². The van der Waals surface area contributed by atoms with Crippen LogP contribution < -0.4 is 0 Å². The van der Waals surface area contributed by atoms with Crippen LogP contribution >= 0.6 is 0 Å². The fourth-order valence-electron chi connectivity index (χ4n) is 6.01. The maximum absolute atomic E-state index is 12.8. The van der Waals surface area contributed by atoms with Gasteiger partial charge in [-0.15, -0.1) is 0 Å². The molecule has 0 aromatic heterocycles. The van der Waals surface area contributed by atoms with Crippen molar-refractivity contribution in [2.24, 2.45) is 0 Å². The number of ether oxygens (including phenoxy) is 2. The Labute approximate surface area is 269 Å². The van der Waals surface area contributed by atoms with Gasteiger partial charge in [-0.3, -0.25) is 9.59 Å². The van der Waals surface area contributed by atoms with Gasteiger partial charge in [0.1, 0.15) is 12.2 Å². The number of unbranched alkanes of at least 4 members (excludes halogenated alkanes) is 24. The molecule has 256 valence electrons. The van der Waals surface area contributed by atoms with E-state index in [1.54, 1.807) is 0 Å². The lowest BCUT2D eigenvalue weighted by Gasteiger charge is -2.26. The molecule has 0 amide bonds. The molecule has 0 saturated heterocycles. The predicted molar refractivity (Wildman–Crippen MR) is 186 cm³/mol. The van der Waals surface area contributed by atoms with E-state index < -0.39 is 0 Å². The van der Waals surface area contributed by atoms with Gasteiger partial charge in [0, 0.05) is 12.8 Å². The summed E-state index contributed by atoms with van der Waals surface area (Å²) in [6.45, 7) is 8.82. The fraction of sp³-hybridized carbons (Fsp3) is 0.949. The molecule has 0 spiro atoms. The largest absolute Gasteiger partial charge is 0.458 e. The highest BCUT2D eigenvalue weighted by atomic mass is 16.6. The zero-order valence-electron chi connectivity index (χ0n) is 29.7. The highest BCUT2D eigenvalue weighted by Crippen LogP contribution is 2.20.